The molecule has 0 radical (unpaired) electrons. The van der Waals surface area contributed by atoms with Crippen molar-refractivity contribution in [2.45, 2.75) is 6.92 Å². The standard InChI is InChI=1S/C18H13Cl2NO3/c1-10-4-3-5-11(6-10)17-21-15(18(22)24-17)8-12-7-13(19)9-14(20)16(12)23-2/h3-9H,1-2H3. The van der Waals surface area contributed by atoms with Gasteiger partial charge in [-0.15, -0.1) is 0 Å². The minimum absolute atomic E-state index is 0.156. The van der Waals surface area contributed by atoms with E-state index in [1.807, 2.05) is 31.2 Å². The number of carbonyl (C=O) groups is 1. The SMILES string of the molecule is COc1c(Cl)cc(Cl)cc1C=C1N=C(c2cccc(C)c2)OC1=O. The minimum Gasteiger partial charge on any atom is -0.495 e. The molecular formula is C18H13Cl2NO3. The summed E-state index contributed by atoms with van der Waals surface area (Å²) in [6.45, 7) is 1.95. The molecule has 24 heavy (non-hydrogen) atoms. The van der Waals surface area contributed by atoms with E-state index in [0.29, 0.717) is 21.4 Å². The summed E-state index contributed by atoms with van der Waals surface area (Å²) in [5, 5.41) is 0.785. The number of ether oxygens (including phenoxy) is 2. The van der Waals surface area contributed by atoms with Crippen LogP contribution in [0.5, 0.6) is 5.75 Å². The molecule has 4 nitrogen and oxygen atoms in total. The number of benzene rings is 2. The highest BCUT2D eigenvalue weighted by Crippen LogP contribution is 2.34. The molecule has 2 aromatic carbocycles. The first kappa shape index (κ1) is 16.6. The summed E-state index contributed by atoms with van der Waals surface area (Å²) in [4.78, 5) is 16.4. The Bertz CT molecular complexity index is 888. The Morgan fingerprint density at radius 1 is 1.21 bits per heavy atom. The molecule has 0 saturated heterocycles. The highest BCUT2D eigenvalue weighted by molar-refractivity contribution is 6.36. The molecule has 0 unspecified atom stereocenters. The molecule has 122 valence electrons. The zero-order chi connectivity index (χ0) is 17.3. The second-order valence-electron chi connectivity index (χ2n) is 5.22. The van der Waals surface area contributed by atoms with Gasteiger partial charge in [0.15, 0.2) is 5.70 Å². The number of methoxy groups -OCH3 is 1. The van der Waals surface area contributed by atoms with Crippen LogP contribution in [0.15, 0.2) is 47.1 Å². The van der Waals surface area contributed by atoms with Crippen LogP contribution in [0.3, 0.4) is 0 Å². The van der Waals surface area contributed by atoms with E-state index in [2.05, 4.69) is 4.99 Å². The molecule has 0 N–H and O–H groups in total. The first-order chi connectivity index (χ1) is 11.5. The maximum Gasteiger partial charge on any atom is 0.363 e. The predicted octanol–water partition coefficient (Wildman–Crippen LogP) is 4.65. The lowest BCUT2D eigenvalue weighted by Crippen LogP contribution is -2.05. The van der Waals surface area contributed by atoms with Gasteiger partial charge in [-0.25, -0.2) is 9.79 Å². The van der Waals surface area contributed by atoms with E-state index in [9.17, 15) is 4.79 Å². The molecule has 2 aromatic rings. The number of aryl methyl sites for hydroxylation is 1. The van der Waals surface area contributed by atoms with E-state index in [0.717, 1.165) is 11.1 Å². The van der Waals surface area contributed by atoms with Crippen LogP contribution in [0.1, 0.15) is 16.7 Å². The minimum atomic E-state index is -0.537. The van der Waals surface area contributed by atoms with Gasteiger partial charge in [-0.2, -0.15) is 0 Å². The summed E-state index contributed by atoms with van der Waals surface area (Å²) in [7, 11) is 1.49. The average Bonchev–Trinajstić information content (AvgIpc) is 2.88. The number of esters is 1. The maximum atomic E-state index is 12.1. The monoisotopic (exact) mass is 361 g/mol. The zero-order valence-corrected chi connectivity index (χ0v) is 14.5. The Labute approximate surface area is 149 Å². The second-order valence-corrected chi connectivity index (χ2v) is 6.06. The highest BCUT2D eigenvalue weighted by Gasteiger charge is 2.25. The van der Waals surface area contributed by atoms with Gasteiger partial charge < -0.3 is 9.47 Å². The number of carbonyl (C=O) groups excluding carboxylic acids is 1. The third-order valence-electron chi connectivity index (χ3n) is 3.42. The number of aliphatic imine (C=N–C) groups is 1. The number of halogens is 2. The molecule has 3 rings (SSSR count). The van der Waals surface area contributed by atoms with Crippen LogP contribution >= 0.6 is 23.2 Å². The molecule has 0 amide bonds. The zero-order valence-electron chi connectivity index (χ0n) is 13.0. The van der Waals surface area contributed by atoms with Crippen molar-refractivity contribution in [1.82, 2.24) is 0 Å². The van der Waals surface area contributed by atoms with Crippen LogP contribution in [-0.4, -0.2) is 19.0 Å². The predicted molar refractivity (Wildman–Crippen MR) is 94.8 cm³/mol. The Balaban J connectivity index is 2.04. The van der Waals surface area contributed by atoms with Crippen LogP contribution in [0.25, 0.3) is 6.08 Å². The second kappa shape index (κ2) is 6.67. The summed E-state index contributed by atoms with van der Waals surface area (Å²) in [6, 6.07) is 10.8. The van der Waals surface area contributed by atoms with Gasteiger partial charge >= 0.3 is 5.97 Å². The third kappa shape index (κ3) is 3.30. The van der Waals surface area contributed by atoms with Crippen molar-refractivity contribution >= 4 is 41.1 Å². The number of hydrogen-bond donors (Lipinski definition) is 0. The Morgan fingerprint density at radius 2 is 2.00 bits per heavy atom. The molecule has 1 aliphatic rings. The average molecular weight is 362 g/mol. The lowest BCUT2D eigenvalue weighted by molar-refractivity contribution is -0.129. The van der Waals surface area contributed by atoms with Crippen LogP contribution in [0, 0.1) is 6.92 Å². The molecule has 0 spiro atoms. The summed E-state index contributed by atoms with van der Waals surface area (Å²) in [5.41, 5.74) is 2.49. The van der Waals surface area contributed by atoms with Crippen molar-refractivity contribution in [3.05, 3.63) is 68.8 Å². The lowest BCUT2D eigenvalue weighted by atomic mass is 10.1. The van der Waals surface area contributed by atoms with Crippen molar-refractivity contribution in [2.75, 3.05) is 7.11 Å². The molecule has 0 bridgehead atoms. The highest BCUT2D eigenvalue weighted by atomic mass is 35.5. The van der Waals surface area contributed by atoms with Gasteiger partial charge in [-0.3, -0.25) is 0 Å². The summed E-state index contributed by atoms with van der Waals surface area (Å²) < 4.78 is 10.5. The van der Waals surface area contributed by atoms with E-state index in [1.54, 1.807) is 18.2 Å². The van der Waals surface area contributed by atoms with Crippen molar-refractivity contribution in [1.29, 1.82) is 0 Å². The molecule has 0 aromatic heterocycles. The van der Waals surface area contributed by atoms with Crippen LogP contribution in [0.4, 0.5) is 0 Å². The smallest absolute Gasteiger partial charge is 0.363 e. The van der Waals surface area contributed by atoms with Crippen LogP contribution in [0.2, 0.25) is 10.0 Å². The fourth-order valence-corrected chi connectivity index (χ4v) is 2.95. The number of rotatable bonds is 3. The molecule has 0 aliphatic carbocycles. The van der Waals surface area contributed by atoms with Crippen LogP contribution < -0.4 is 4.74 Å². The van der Waals surface area contributed by atoms with Gasteiger partial charge in [-0.05, 0) is 37.3 Å². The molecule has 1 heterocycles. The maximum absolute atomic E-state index is 12.1. The normalized spacial score (nSPS) is 15.4. The first-order valence-electron chi connectivity index (χ1n) is 7.10. The molecule has 6 heteroatoms. The number of nitrogens with zero attached hydrogens (tertiary/aromatic N) is 1. The molecular weight excluding hydrogens is 349 g/mol. The van der Waals surface area contributed by atoms with Gasteiger partial charge in [0.05, 0.1) is 12.1 Å². The van der Waals surface area contributed by atoms with Crippen molar-refractivity contribution in [3.8, 4) is 5.75 Å². The first-order valence-corrected chi connectivity index (χ1v) is 7.86. The quantitative estimate of drug-likeness (QED) is 0.590. The Hall–Kier alpha value is -2.30. The number of hydrogen-bond acceptors (Lipinski definition) is 4. The fraction of sp³-hybridized carbons (Fsp3) is 0.111. The van der Waals surface area contributed by atoms with E-state index >= 15 is 0 Å². The van der Waals surface area contributed by atoms with E-state index in [1.165, 1.54) is 7.11 Å². The lowest BCUT2D eigenvalue weighted by Gasteiger charge is -2.07. The van der Waals surface area contributed by atoms with Gasteiger partial charge in [0, 0.05) is 16.1 Å². The summed E-state index contributed by atoms with van der Waals surface area (Å²) >= 11 is 12.1. The molecule has 0 saturated carbocycles. The van der Waals surface area contributed by atoms with E-state index in [4.69, 9.17) is 32.7 Å². The van der Waals surface area contributed by atoms with E-state index in [-0.39, 0.29) is 11.6 Å². The van der Waals surface area contributed by atoms with Gasteiger partial charge in [0.1, 0.15) is 5.75 Å². The van der Waals surface area contributed by atoms with Gasteiger partial charge in [0.25, 0.3) is 0 Å². The topological polar surface area (TPSA) is 47.9 Å². The van der Waals surface area contributed by atoms with Crippen molar-refractivity contribution in [2.24, 2.45) is 4.99 Å². The van der Waals surface area contributed by atoms with E-state index < -0.39 is 5.97 Å². The summed E-state index contributed by atoms with van der Waals surface area (Å²) in [6.07, 6.45) is 1.54. The molecule has 0 fully saturated rings. The van der Waals surface area contributed by atoms with Gasteiger partial charge in [0.2, 0.25) is 5.90 Å². The van der Waals surface area contributed by atoms with Crippen molar-refractivity contribution < 1.29 is 14.3 Å². The molecule has 0 atom stereocenters. The van der Waals surface area contributed by atoms with Crippen LogP contribution in [-0.2, 0) is 9.53 Å². The third-order valence-corrected chi connectivity index (χ3v) is 3.92. The Morgan fingerprint density at radius 3 is 2.71 bits per heavy atom. The Kier molecular flexibility index (Phi) is 4.60. The largest absolute Gasteiger partial charge is 0.495 e. The number of cyclic esters (lactones) is 1. The summed E-state index contributed by atoms with van der Waals surface area (Å²) in [5.74, 6) is 0.146. The van der Waals surface area contributed by atoms with Crippen molar-refractivity contribution in [3.63, 3.8) is 0 Å². The fourth-order valence-electron chi connectivity index (χ4n) is 2.36. The molecule has 1 aliphatic heterocycles. The van der Waals surface area contributed by atoms with Gasteiger partial charge in [-0.1, -0.05) is 40.9 Å².